The summed E-state index contributed by atoms with van der Waals surface area (Å²) < 4.78 is 18.9. The van der Waals surface area contributed by atoms with Crippen LogP contribution in [0.5, 0.6) is 0 Å². The molecular formula is C20H24FN5O2. The minimum Gasteiger partial charge on any atom is -0.490 e. The smallest absolute Gasteiger partial charge is 0.324 e. The van der Waals surface area contributed by atoms with Gasteiger partial charge in [0, 0.05) is 38.5 Å². The highest BCUT2D eigenvalue weighted by Crippen LogP contribution is 2.25. The first-order chi connectivity index (χ1) is 13.4. The molecule has 1 aromatic rings. The molecule has 2 aliphatic rings. The summed E-state index contributed by atoms with van der Waals surface area (Å²) in [6, 6.07) is 5.31. The number of anilines is 1. The van der Waals surface area contributed by atoms with E-state index in [1.165, 1.54) is 13.0 Å². The number of nitrogens with zero attached hydrogens (tertiary/aromatic N) is 5. The zero-order chi connectivity index (χ0) is 20.3. The molecule has 148 valence electrons. The van der Waals surface area contributed by atoms with Crippen molar-refractivity contribution in [1.82, 2.24) is 14.8 Å². The fourth-order valence-electron chi connectivity index (χ4n) is 3.44. The van der Waals surface area contributed by atoms with Crippen LogP contribution >= 0.6 is 0 Å². The Morgan fingerprint density at radius 1 is 1.39 bits per heavy atom. The monoisotopic (exact) mass is 385 g/mol. The lowest BCUT2D eigenvalue weighted by atomic mass is 10.2. The van der Waals surface area contributed by atoms with Gasteiger partial charge in [-0.3, -0.25) is 4.90 Å². The SMILES string of the molecule is CC1=C(/C=C(\C)F)OCC(C)N1C(=O)N1CCN(c2cc(C#N)ccn2)CC1. The number of halogens is 1. The van der Waals surface area contributed by atoms with Crippen molar-refractivity contribution >= 4 is 11.8 Å². The molecule has 1 aromatic heterocycles. The van der Waals surface area contributed by atoms with Crippen molar-refractivity contribution in [2.75, 3.05) is 37.7 Å². The number of piperazine rings is 1. The molecule has 0 aliphatic carbocycles. The lowest BCUT2D eigenvalue weighted by molar-refractivity contribution is 0.0860. The van der Waals surface area contributed by atoms with E-state index in [-0.39, 0.29) is 17.9 Å². The molecule has 1 saturated heterocycles. The lowest BCUT2D eigenvalue weighted by Gasteiger charge is -2.41. The number of hydrogen-bond donors (Lipinski definition) is 0. The van der Waals surface area contributed by atoms with E-state index < -0.39 is 0 Å². The Labute approximate surface area is 164 Å². The highest BCUT2D eigenvalue weighted by molar-refractivity contribution is 5.77. The van der Waals surface area contributed by atoms with Gasteiger partial charge in [-0.1, -0.05) is 0 Å². The van der Waals surface area contributed by atoms with Gasteiger partial charge in [0.2, 0.25) is 0 Å². The summed E-state index contributed by atoms with van der Waals surface area (Å²) in [4.78, 5) is 23.0. The standard InChI is InChI=1S/C20H24FN5O2/c1-14(21)10-18-16(3)26(15(2)13-28-18)20(27)25-8-6-24(7-9-25)19-11-17(12-22)4-5-23-19/h4-5,10-11,15H,6-9,13H2,1-3H3/b14-10+. The number of nitriles is 1. The van der Waals surface area contributed by atoms with Crippen LogP contribution in [-0.2, 0) is 4.74 Å². The molecule has 2 aliphatic heterocycles. The number of aromatic nitrogens is 1. The highest BCUT2D eigenvalue weighted by atomic mass is 19.1. The third-order valence-electron chi connectivity index (χ3n) is 4.92. The number of allylic oxidation sites excluding steroid dienone is 3. The molecule has 0 N–H and O–H groups in total. The summed E-state index contributed by atoms with van der Waals surface area (Å²) in [7, 11) is 0. The van der Waals surface area contributed by atoms with Crippen LogP contribution in [-0.4, -0.2) is 59.6 Å². The zero-order valence-corrected chi connectivity index (χ0v) is 16.4. The molecule has 0 bridgehead atoms. The van der Waals surface area contributed by atoms with Crippen LogP contribution in [0.3, 0.4) is 0 Å². The number of rotatable bonds is 2. The fraction of sp³-hybridized carbons (Fsp3) is 0.450. The van der Waals surface area contributed by atoms with Crippen LogP contribution in [0.25, 0.3) is 0 Å². The Morgan fingerprint density at radius 3 is 2.75 bits per heavy atom. The van der Waals surface area contributed by atoms with Crippen molar-refractivity contribution < 1.29 is 13.9 Å². The maximum absolute atomic E-state index is 13.3. The summed E-state index contributed by atoms with van der Waals surface area (Å²) in [6.45, 7) is 7.71. The molecule has 0 saturated carbocycles. The number of carbonyl (C=O) groups excluding carboxylic acids is 1. The number of ether oxygens (including phenoxy) is 1. The van der Waals surface area contributed by atoms with E-state index in [0.717, 1.165) is 5.82 Å². The molecule has 8 heteroatoms. The number of hydrogen-bond acceptors (Lipinski definition) is 5. The van der Waals surface area contributed by atoms with E-state index in [4.69, 9.17) is 10.00 Å². The number of pyridine rings is 1. The largest absolute Gasteiger partial charge is 0.490 e. The van der Waals surface area contributed by atoms with Gasteiger partial charge in [0.25, 0.3) is 0 Å². The Hall–Kier alpha value is -3.08. The van der Waals surface area contributed by atoms with Crippen molar-refractivity contribution in [2.24, 2.45) is 0 Å². The average molecular weight is 385 g/mol. The molecule has 3 heterocycles. The third kappa shape index (κ3) is 4.09. The minimum absolute atomic E-state index is 0.103. The molecule has 0 radical (unpaired) electrons. The van der Waals surface area contributed by atoms with E-state index >= 15 is 0 Å². The van der Waals surface area contributed by atoms with Crippen LogP contribution < -0.4 is 4.90 Å². The molecule has 7 nitrogen and oxygen atoms in total. The highest BCUT2D eigenvalue weighted by Gasteiger charge is 2.33. The quantitative estimate of drug-likeness (QED) is 0.782. The van der Waals surface area contributed by atoms with E-state index in [1.807, 2.05) is 6.92 Å². The normalized spacial score (nSPS) is 20.8. The molecular weight excluding hydrogens is 361 g/mol. The van der Waals surface area contributed by atoms with Gasteiger partial charge in [0.05, 0.1) is 23.4 Å². The second-order valence-corrected chi connectivity index (χ2v) is 6.98. The summed E-state index contributed by atoms with van der Waals surface area (Å²) in [5.74, 6) is 0.771. The maximum atomic E-state index is 13.3. The van der Waals surface area contributed by atoms with Crippen LogP contribution in [0.2, 0.25) is 0 Å². The van der Waals surface area contributed by atoms with Crippen molar-refractivity contribution in [3.8, 4) is 6.07 Å². The molecule has 2 amide bonds. The second-order valence-electron chi connectivity index (χ2n) is 6.98. The molecule has 1 fully saturated rings. The predicted molar refractivity (Wildman–Crippen MR) is 103 cm³/mol. The van der Waals surface area contributed by atoms with Crippen LogP contribution in [0.4, 0.5) is 15.0 Å². The van der Waals surface area contributed by atoms with E-state index in [2.05, 4.69) is 16.0 Å². The van der Waals surface area contributed by atoms with Crippen molar-refractivity contribution in [1.29, 1.82) is 5.26 Å². The molecule has 0 aromatic carbocycles. The lowest BCUT2D eigenvalue weighted by Crippen LogP contribution is -2.55. The van der Waals surface area contributed by atoms with Crippen molar-refractivity contribution in [3.05, 3.63) is 47.3 Å². The van der Waals surface area contributed by atoms with Gasteiger partial charge >= 0.3 is 6.03 Å². The van der Waals surface area contributed by atoms with Crippen LogP contribution in [0.1, 0.15) is 26.3 Å². The molecule has 0 spiro atoms. The predicted octanol–water partition coefficient (Wildman–Crippen LogP) is 3.02. The van der Waals surface area contributed by atoms with Gasteiger partial charge < -0.3 is 14.5 Å². The van der Waals surface area contributed by atoms with Crippen LogP contribution in [0.15, 0.2) is 41.7 Å². The van der Waals surface area contributed by atoms with E-state index in [0.29, 0.717) is 49.8 Å². The maximum Gasteiger partial charge on any atom is 0.324 e. The molecule has 1 unspecified atom stereocenters. The topological polar surface area (TPSA) is 72.7 Å². The number of amides is 2. The second kappa shape index (κ2) is 8.30. The van der Waals surface area contributed by atoms with Gasteiger partial charge in [0.1, 0.15) is 24.0 Å². The van der Waals surface area contributed by atoms with Crippen molar-refractivity contribution in [3.63, 3.8) is 0 Å². The molecule has 3 rings (SSSR count). The summed E-state index contributed by atoms with van der Waals surface area (Å²) in [6.07, 6.45) is 2.93. The van der Waals surface area contributed by atoms with Gasteiger partial charge in [-0.2, -0.15) is 5.26 Å². The van der Waals surface area contributed by atoms with Crippen LogP contribution in [0, 0.1) is 11.3 Å². The Bertz CT molecular complexity index is 848. The van der Waals surface area contributed by atoms with E-state index in [1.54, 1.807) is 35.1 Å². The van der Waals surface area contributed by atoms with E-state index in [9.17, 15) is 9.18 Å². The summed E-state index contributed by atoms with van der Waals surface area (Å²) in [5.41, 5.74) is 1.18. The zero-order valence-electron chi connectivity index (χ0n) is 16.4. The Kier molecular flexibility index (Phi) is 5.83. The van der Waals surface area contributed by atoms with Gasteiger partial charge in [0.15, 0.2) is 0 Å². The molecule has 28 heavy (non-hydrogen) atoms. The van der Waals surface area contributed by atoms with Gasteiger partial charge in [-0.05, 0) is 32.9 Å². The first kappa shape index (κ1) is 19.7. The number of carbonyl (C=O) groups is 1. The molecule has 1 atom stereocenters. The van der Waals surface area contributed by atoms with Gasteiger partial charge in [-0.15, -0.1) is 0 Å². The van der Waals surface area contributed by atoms with Crippen molar-refractivity contribution in [2.45, 2.75) is 26.8 Å². The first-order valence-electron chi connectivity index (χ1n) is 9.27. The summed E-state index contributed by atoms with van der Waals surface area (Å²) in [5, 5.41) is 9.05. The average Bonchev–Trinajstić information content (AvgIpc) is 2.70. The third-order valence-corrected chi connectivity index (χ3v) is 4.92. The Morgan fingerprint density at radius 2 is 2.11 bits per heavy atom. The Balaban J connectivity index is 1.70. The minimum atomic E-state index is -0.364. The van der Waals surface area contributed by atoms with Gasteiger partial charge in [-0.25, -0.2) is 14.2 Å². The number of urea groups is 1. The fourth-order valence-corrected chi connectivity index (χ4v) is 3.44. The summed E-state index contributed by atoms with van der Waals surface area (Å²) >= 11 is 0. The first-order valence-corrected chi connectivity index (χ1v) is 9.27.